The number of rotatable bonds is 4. The largest absolute Gasteiger partial charge is 0.416 e. The Bertz CT molecular complexity index is 1060. The molecule has 2 fully saturated rings. The van der Waals surface area contributed by atoms with Crippen LogP contribution in [0.25, 0.3) is 0 Å². The molecule has 2 atom stereocenters. The molecule has 5 nitrogen and oxygen atoms in total. The summed E-state index contributed by atoms with van der Waals surface area (Å²) in [5, 5.41) is 0. The van der Waals surface area contributed by atoms with Gasteiger partial charge in [-0.2, -0.15) is 13.2 Å². The van der Waals surface area contributed by atoms with Gasteiger partial charge in [0.1, 0.15) is 0 Å². The van der Waals surface area contributed by atoms with E-state index in [0.717, 1.165) is 67.9 Å². The molecule has 196 valence electrons. The van der Waals surface area contributed by atoms with E-state index >= 15 is 0 Å². The molecule has 0 spiro atoms. The lowest BCUT2D eigenvalue weighted by molar-refractivity contribution is -0.137. The van der Waals surface area contributed by atoms with Gasteiger partial charge in [0.25, 0.3) is 5.91 Å². The zero-order valence-electron chi connectivity index (χ0n) is 21.9. The maximum atomic E-state index is 13.2. The van der Waals surface area contributed by atoms with Crippen LogP contribution in [0.4, 0.5) is 13.2 Å². The van der Waals surface area contributed by atoms with E-state index in [0.29, 0.717) is 0 Å². The molecule has 36 heavy (non-hydrogen) atoms. The molecule has 2 aliphatic rings. The number of hydrogen-bond donors (Lipinski definition) is 0. The van der Waals surface area contributed by atoms with E-state index < -0.39 is 11.7 Å². The molecule has 0 unspecified atom stereocenters. The van der Waals surface area contributed by atoms with Crippen molar-refractivity contribution in [2.24, 2.45) is 0 Å². The molecular weight excluding hydrogens is 465 g/mol. The molecule has 2 aromatic rings. The third-order valence-corrected chi connectivity index (χ3v) is 8.35. The quantitative estimate of drug-likeness (QED) is 0.555. The van der Waals surface area contributed by atoms with Crippen LogP contribution in [0.1, 0.15) is 72.4 Å². The van der Waals surface area contributed by atoms with Crippen molar-refractivity contribution in [3.05, 3.63) is 64.5 Å². The number of pyridine rings is 1. The first-order chi connectivity index (χ1) is 16.9. The van der Waals surface area contributed by atoms with Crippen molar-refractivity contribution in [2.45, 2.75) is 71.3 Å². The molecule has 0 aliphatic carbocycles. The highest BCUT2D eigenvalue weighted by Gasteiger charge is 2.41. The Hall–Kier alpha value is -2.45. The zero-order valence-corrected chi connectivity index (χ0v) is 21.9. The highest BCUT2D eigenvalue weighted by Crippen LogP contribution is 2.35. The van der Waals surface area contributed by atoms with Gasteiger partial charge in [-0.25, -0.2) is 0 Å². The number of nitrogens with zero attached hydrogens (tertiary/aromatic N) is 4. The maximum absolute atomic E-state index is 13.2. The molecule has 3 heterocycles. The fourth-order valence-corrected chi connectivity index (χ4v) is 5.86. The predicted molar refractivity (Wildman–Crippen MR) is 135 cm³/mol. The van der Waals surface area contributed by atoms with Crippen molar-refractivity contribution in [3.63, 3.8) is 0 Å². The van der Waals surface area contributed by atoms with Gasteiger partial charge in [-0.15, -0.1) is 0 Å². The summed E-state index contributed by atoms with van der Waals surface area (Å²) in [4.78, 5) is 24.4. The van der Waals surface area contributed by atoms with E-state index in [1.54, 1.807) is 18.3 Å². The number of piperidine rings is 1. The minimum atomic E-state index is -4.31. The van der Waals surface area contributed by atoms with Gasteiger partial charge in [0.05, 0.1) is 16.8 Å². The Kier molecular flexibility index (Phi) is 7.49. The number of amides is 1. The van der Waals surface area contributed by atoms with Gasteiger partial charge in [0.2, 0.25) is 0 Å². The maximum Gasteiger partial charge on any atom is 0.416 e. The fourth-order valence-electron chi connectivity index (χ4n) is 5.86. The molecule has 1 aromatic heterocycles. The second-order valence-corrected chi connectivity index (χ2v) is 10.7. The van der Waals surface area contributed by atoms with Gasteiger partial charge in [-0.1, -0.05) is 12.1 Å². The summed E-state index contributed by atoms with van der Waals surface area (Å²) in [6, 6.07) is 7.77. The molecule has 1 amide bonds. The molecule has 0 radical (unpaired) electrons. The number of likely N-dealkylation sites (tertiary alicyclic amines) is 1. The van der Waals surface area contributed by atoms with E-state index in [9.17, 15) is 18.0 Å². The van der Waals surface area contributed by atoms with Gasteiger partial charge in [0, 0.05) is 56.5 Å². The highest BCUT2D eigenvalue weighted by atomic mass is 19.4. The fraction of sp³-hybridized carbons (Fsp3) is 0.571. The molecule has 0 N–H and O–H groups in total. The first-order valence-electron chi connectivity index (χ1n) is 12.8. The van der Waals surface area contributed by atoms with Gasteiger partial charge >= 0.3 is 6.18 Å². The molecule has 2 saturated heterocycles. The van der Waals surface area contributed by atoms with Crippen LogP contribution >= 0.6 is 0 Å². The summed E-state index contributed by atoms with van der Waals surface area (Å²) in [5.41, 5.74) is 2.78. The summed E-state index contributed by atoms with van der Waals surface area (Å²) in [6.07, 6.45) is -0.740. The predicted octanol–water partition coefficient (Wildman–Crippen LogP) is 5.48. The van der Waals surface area contributed by atoms with Crippen LogP contribution in [0.2, 0.25) is 0 Å². The van der Waals surface area contributed by atoms with E-state index in [2.05, 4.69) is 35.6 Å². The number of aromatic nitrogens is 1. The Balaban J connectivity index is 1.36. The van der Waals surface area contributed by atoms with Crippen molar-refractivity contribution in [3.8, 4) is 0 Å². The van der Waals surface area contributed by atoms with Crippen LogP contribution in [-0.4, -0.2) is 69.9 Å². The van der Waals surface area contributed by atoms with Crippen molar-refractivity contribution in [1.29, 1.82) is 0 Å². The normalized spacial score (nSPS) is 22.4. The Morgan fingerprint density at radius 2 is 1.69 bits per heavy atom. The topological polar surface area (TPSA) is 39.7 Å². The number of aryl methyl sites for hydroxylation is 2. The average Bonchev–Trinajstić information content (AvgIpc) is 2.83. The summed E-state index contributed by atoms with van der Waals surface area (Å²) >= 11 is 0. The second-order valence-electron chi connectivity index (χ2n) is 10.7. The van der Waals surface area contributed by atoms with Crippen LogP contribution in [0.3, 0.4) is 0 Å². The summed E-state index contributed by atoms with van der Waals surface area (Å²) in [5.74, 6) is 0.0729. The molecule has 1 aromatic carbocycles. The van der Waals surface area contributed by atoms with E-state index in [4.69, 9.17) is 0 Å². The lowest BCUT2D eigenvalue weighted by atomic mass is 9.86. The summed E-state index contributed by atoms with van der Waals surface area (Å²) < 4.78 is 38.8. The minimum Gasteiger partial charge on any atom is -0.338 e. The molecular formula is C28H37F3N4O. The molecule has 2 aliphatic heterocycles. The highest BCUT2D eigenvalue weighted by molar-refractivity contribution is 5.96. The van der Waals surface area contributed by atoms with Crippen LogP contribution in [-0.2, 0) is 6.18 Å². The molecule has 8 heteroatoms. The van der Waals surface area contributed by atoms with Crippen molar-refractivity contribution < 1.29 is 18.0 Å². The number of carbonyl (C=O) groups excluding carboxylic acids is 1. The van der Waals surface area contributed by atoms with Gasteiger partial charge < -0.3 is 4.90 Å². The lowest BCUT2D eigenvalue weighted by Crippen LogP contribution is -2.62. The van der Waals surface area contributed by atoms with E-state index in [-0.39, 0.29) is 23.5 Å². The van der Waals surface area contributed by atoms with Crippen LogP contribution in [0, 0.1) is 13.8 Å². The molecule has 0 bridgehead atoms. The lowest BCUT2D eigenvalue weighted by Gasteiger charge is -2.52. The SMILES string of the molecule is Cc1ccnc(C)c1C(=O)N1CCC(C)(N2CCN([C@@H](C)c3ccc(C(F)(F)F)cc3)[C@@H](C)C2)CC1. The number of hydrogen-bond acceptors (Lipinski definition) is 4. The second kappa shape index (κ2) is 10.1. The van der Waals surface area contributed by atoms with Gasteiger partial charge in [-0.3, -0.25) is 19.6 Å². The van der Waals surface area contributed by atoms with Gasteiger partial charge in [-0.05, 0) is 76.8 Å². The molecule has 4 rings (SSSR count). The smallest absolute Gasteiger partial charge is 0.338 e. The first-order valence-corrected chi connectivity index (χ1v) is 12.8. The third-order valence-electron chi connectivity index (χ3n) is 8.35. The number of benzene rings is 1. The molecule has 0 saturated carbocycles. The standard InChI is InChI=1S/C28H37F3N4O/c1-19-10-13-32-21(3)25(19)26(36)33-14-11-27(5,12-15-33)34-16-17-35(20(2)18-34)22(4)23-6-8-24(9-7-23)28(29,30)31/h6-10,13,20,22H,11-12,14-18H2,1-5H3/t20-,22-/m0/s1. The van der Waals surface area contributed by atoms with E-state index in [1.165, 1.54) is 12.1 Å². The number of piperazine rings is 1. The number of alkyl halides is 3. The Labute approximate surface area is 212 Å². The first kappa shape index (κ1) is 26.6. The van der Waals surface area contributed by atoms with Crippen molar-refractivity contribution in [2.75, 3.05) is 32.7 Å². The third kappa shape index (κ3) is 5.30. The number of halogens is 3. The summed E-state index contributed by atoms with van der Waals surface area (Å²) in [7, 11) is 0. The Morgan fingerprint density at radius 3 is 2.25 bits per heavy atom. The van der Waals surface area contributed by atoms with Crippen LogP contribution in [0.15, 0.2) is 36.5 Å². The van der Waals surface area contributed by atoms with Crippen LogP contribution in [0.5, 0.6) is 0 Å². The van der Waals surface area contributed by atoms with Crippen LogP contribution < -0.4 is 0 Å². The van der Waals surface area contributed by atoms with E-state index in [1.807, 2.05) is 24.8 Å². The summed E-state index contributed by atoms with van der Waals surface area (Å²) in [6.45, 7) is 14.5. The number of carbonyl (C=O) groups is 1. The van der Waals surface area contributed by atoms with Crippen molar-refractivity contribution in [1.82, 2.24) is 19.7 Å². The minimum absolute atomic E-state index is 0.0216. The van der Waals surface area contributed by atoms with Gasteiger partial charge in [0.15, 0.2) is 0 Å². The monoisotopic (exact) mass is 502 g/mol. The Morgan fingerprint density at radius 1 is 1.06 bits per heavy atom. The average molecular weight is 503 g/mol. The van der Waals surface area contributed by atoms with Crippen molar-refractivity contribution >= 4 is 5.91 Å². The zero-order chi connectivity index (χ0) is 26.3.